The number of nitrogens with zero attached hydrogens (tertiary/aromatic N) is 4. The molecule has 0 unspecified atom stereocenters. The number of aromatic nitrogens is 4. The van der Waals surface area contributed by atoms with Crippen molar-refractivity contribution >= 4 is 96.8 Å². The molecular formula is C59H34N4OS. The smallest absolute Gasteiger partial charge is 0.165 e. The van der Waals surface area contributed by atoms with Crippen LogP contribution in [-0.4, -0.2) is 19.5 Å². The Labute approximate surface area is 376 Å². The van der Waals surface area contributed by atoms with Gasteiger partial charge in [0.25, 0.3) is 0 Å². The molecule has 6 heteroatoms. The van der Waals surface area contributed by atoms with Gasteiger partial charge >= 0.3 is 0 Å². The molecule has 0 aliphatic rings. The van der Waals surface area contributed by atoms with Gasteiger partial charge in [-0.2, -0.15) is 0 Å². The molecule has 0 spiro atoms. The number of hydrogen-bond acceptors (Lipinski definition) is 5. The first-order chi connectivity index (χ1) is 32.2. The topological polar surface area (TPSA) is 56.7 Å². The lowest BCUT2D eigenvalue weighted by molar-refractivity contribution is 0.669. The molecule has 0 N–H and O–H groups in total. The molecule has 10 aromatic carbocycles. The first kappa shape index (κ1) is 36.1. The van der Waals surface area contributed by atoms with E-state index in [1.54, 1.807) is 11.3 Å². The van der Waals surface area contributed by atoms with Crippen molar-refractivity contribution in [3.05, 3.63) is 206 Å². The summed E-state index contributed by atoms with van der Waals surface area (Å²) < 4.78 is 11.5. The van der Waals surface area contributed by atoms with E-state index in [0.717, 1.165) is 76.6 Å². The Bertz CT molecular complexity index is 4260. The maximum atomic E-state index is 6.70. The van der Waals surface area contributed by atoms with Crippen LogP contribution >= 0.6 is 11.3 Å². The van der Waals surface area contributed by atoms with Gasteiger partial charge in [0.1, 0.15) is 11.2 Å². The molecule has 0 bridgehead atoms. The van der Waals surface area contributed by atoms with Gasteiger partial charge in [-0.15, -0.1) is 11.3 Å². The van der Waals surface area contributed by atoms with Gasteiger partial charge in [0, 0.05) is 64.0 Å². The Morgan fingerprint density at radius 3 is 1.91 bits per heavy atom. The molecule has 302 valence electrons. The highest BCUT2D eigenvalue weighted by atomic mass is 32.1. The van der Waals surface area contributed by atoms with Crippen molar-refractivity contribution in [3.63, 3.8) is 0 Å². The van der Waals surface area contributed by atoms with Crippen molar-refractivity contribution in [1.82, 2.24) is 19.5 Å². The fraction of sp³-hybridized carbons (Fsp3) is 0. The van der Waals surface area contributed by atoms with Gasteiger partial charge in [0.05, 0.1) is 16.7 Å². The summed E-state index contributed by atoms with van der Waals surface area (Å²) in [6.07, 6.45) is 0. The quantitative estimate of drug-likeness (QED) is 0.173. The normalized spacial score (nSPS) is 12.0. The SMILES string of the molecule is c1ccc(-c2nc(-c3ccc(-n4c5ccccc5c5cc6ccccc6cc54)c(-c4cccc5oc6ccc7ccccc7c6c45)c3)nc(-c3cccc4c3sc3ccccc34)n2)cc1. The monoisotopic (exact) mass is 846 g/mol. The lowest BCUT2D eigenvalue weighted by Crippen LogP contribution is -2.02. The number of benzene rings is 10. The van der Waals surface area contributed by atoms with E-state index in [1.807, 2.05) is 18.2 Å². The summed E-state index contributed by atoms with van der Waals surface area (Å²) in [7, 11) is 0. The van der Waals surface area contributed by atoms with Crippen molar-refractivity contribution in [2.45, 2.75) is 0 Å². The summed E-state index contributed by atoms with van der Waals surface area (Å²) >= 11 is 1.78. The second-order valence-corrected chi connectivity index (χ2v) is 17.7. The van der Waals surface area contributed by atoms with Crippen LogP contribution in [0.25, 0.3) is 136 Å². The fourth-order valence-electron chi connectivity index (χ4n) is 10.1. The molecule has 5 nitrogen and oxygen atoms in total. The molecule has 0 atom stereocenters. The Hall–Kier alpha value is -8.45. The molecule has 0 amide bonds. The second kappa shape index (κ2) is 14.0. The van der Waals surface area contributed by atoms with Crippen LogP contribution in [0, 0.1) is 0 Å². The van der Waals surface area contributed by atoms with Crippen LogP contribution in [-0.2, 0) is 0 Å². The Morgan fingerprint density at radius 1 is 0.369 bits per heavy atom. The maximum absolute atomic E-state index is 6.70. The Balaban J connectivity index is 1.08. The van der Waals surface area contributed by atoms with Crippen LogP contribution in [0.5, 0.6) is 0 Å². The van der Waals surface area contributed by atoms with E-state index in [0.29, 0.717) is 17.5 Å². The number of furan rings is 1. The standard InChI is InChI=1S/C59H34N4OS/c1-2-15-36(16-3-1)57-60-58(62-59(61-57)45-24-12-23-44-42-21-9-11-27-53(42)65-56(44)45)39-28-30-49(63-48-25-10-8-20-41(48)46-32-37-17-4-5-18-38(37)34-50(46)63)47(33-39)43-22-13-26-51-55(43)54-40-19-7-6-14-35(40)29-31-52(54)64-51/h1-34H. The van der Waals surface area contributed by atoms with Crippen molar-refractivity contribution in [2.24, 2.45) is 0 Å². The predicted octanol–water partition coefficient (Wildman–Crippen LogP) is 16.2. The van der Waals surface area contributed by atoms with E-state index < -0.39 is 0 Å². The van der Waals surface area contributed by atoms with Gasteiger partial charge in [-0.1, -0.05) is 146 Å². The van der Waals surface area contributed by atoms with Crippen LogP contribution in [0.4, 0.5) is 0 Å². The van der Waals surface area contributed by atoms with Gasteiger partial charge in [0.15, 0.2) is 17.5 Å². The van der Waals surface area contributed by atoms with Crippen LogP contribution < -0.4 is 0 Å². The van der Waals surface area contributed by atoms with E-state index in [-0.39, 0.29) is 0 Å². The molecule has 0 saturated heterocycles. The second-order valence-electron chi connectivity index (χ2n) is 16.7. The predicted molar refractivity (Wildman–Crippen MR) is 271 cm³/mol. The third-order valence-electron chi connectivity index (χ3n) is 13.0. The van der Waals surface area contributed by atoms with Crippen LogP contribution in [0.3, 0.4) is 0 Å². The summed E-state index contributed by atoms with van der Waals surface area (Å²) in [5.74, 6) is 1.86. The molecule has 0 saturated carbocycles. The molecule has 14 aromatic rings. The van der Waals surface area contributed by atoms with Crippen molar-refractivity contribution in [3.8, 4) is 51.0 Å². The summed E-state index contributed by atoms with van der Waals surface area (Å²) in [5, 5.41) is 11.7. The van der Waals surface area contributed by atoms with E-state index in [1.165, 1.54) is 42.4 Å². The molecule has 0 aliphatic heterocycles. The summed E-state index contributed by atoms with van der Waals surface area (Å²) in [4.78, 5) is 15.9. The van der Waals surface area contributed by atoms with Gasteiger partial charge in [-0.3, -0.25) is 0 Å². The van der Waals surface area contributed by atoms with E-state index >= 15 is 0 Å². The number of para-hydroxylation sites is 1. The van der Waals surface area contributed by atoms with E-state index in [4.69, 9.17) is 19.4 Å². The van der Waals surface area contributed by atoms with Gasteiger partial charge in [-0.25, -0.2) is 15.0 Å². The third-order valence-corrected chi connectivity index (χ3v) is 14.2. The summed E-state index contributed by atoms with van der Waals surface area (Å²) in [6.45, 7) is 0. The lowest BCUT2D eigenvalue weighted by Gasteiger charge is -2.17. The van der Waals surface area contributed by atoms with Crippen LogP contribution in [0.2, 0.25) is 0 Å². The lowest BCUT2D eigenvalue weighted by atomic mass is 9.94. The zero-order valence-electron chi connectivity index (χ0n) is 34.7. The fourth-order valence-corrected chi connectivity index (χ4v) is 11.3. The van der Waals surface area contributed by atoms with Crippen molar-refractivity contribution in [2.75, 3.05) is 0 Å². The maximum Gasteiger partial charge on any atom is 0.165 e. The molecule has 0 fully saturated rings. The van der Waals surface area contributed by atoms with Gasteiger partial charge in [0.2, 0.25) is 0 Å². The van der Waals surface area contributed by atoms with E-state index in [2.05, 4.69) is 193 Å². The molecule has 4 heterocycles. The molecule has 0 radical (unpaired) electrons. The zero-order chi connectivity index (χ0) is 42.6. The summed E-state index contributed by atoms with van der Waals surface area (Å²) in [6, 6.07) is 73.3. The Morgan fingerprint density at radius 2 is 1.03 bits per heavy atom. The summed E-state index contributed by atoms with van der Waals surface area (Å²) in [5.41, 5.74) is 9.91. The average Bonchev–Trinajstić information content (AvgIpc) is 4.05. The van der Waals surface area contributed by atoms with Crippen LogP contribution in [0.1, 0.15) is 0 Å². The van der Waals surface area contributed by atoms with Crippen LogP contribution in [0.15, 0.2) is 211 Å². The molecule has 4 aromatic heterocycles. The number of rotatable bonds is 5. The molecule has 0 aliphatic carbocycles. The van der Waals surface area contributed by atoms with Gasteiger partial charge < -0.3 is 8.98 Å². The average molecular weight is 847 g/mol. The highest BCUT2D eigenvalue weighted by molar-refractivity contribution is 7.26. The van der Waals surface area contributed by atoms with Crippen molar-refractivity contribution < 1.29 is 4.42 Å². The molecular weight excluding hydrogens is 813 g/mol. The minimum absolute atomic E-state index is 0.600. The highest BCUT2D eigenvalue weighted by Crippen LogP contribution is 2.45. The van der Waals surface area contributed by atoms with Crippen molar-refractivity contribution in [1.29, 1.82) is 0 Å². The first-order valence-corrected chi connectivity index (χ1v) is 22.7. The first-order valence-electron chi connectivity index (χ1n) is 21.8. The minimum Gasteiger partial charge on any atom is -0.456 e. The third kappa shape index (κ3) is 5.54. The largest absolute Gasteiger partial charge is 0.456 e. The zero-order valence-corrected chi connectivity index (χ0v) is 35.6. The molecule has 65 heavy (non-hydrogen) atoms. The number of thiophene rings is 1. The molecule has 14 rings (SSSR count). The van der Waals surface area contributed by atoms with Gasteiger partial charge in [-0.05, 0) is 87.8 Å². The minimum atomic E-state index is 0.600. The van der Waals surface area contributed by atoms with E-state index in [9.17, 15) is 0 Å². The number of fused-ring (bicyclic) bond motifs is 12. The Kier molecular flexibility index (Phi) is 7.79. The number of hydrogen-bond donors (Lipinski definition) is 0. The highest BCUT2D eigenvalue weighted by Gasteiger charge is 2.23.